The molecule has 0 radical (unpaired) electrons. The third-order valence-electron chi connectivity index (χ3n) is 2.50. The molecule has 0 amide bonds. The standard InChI is InChI=1S/C11H16N2O2/c1-11(2,10(14)15-3)9(12)8-6-4-5-7-13-8/h4-7,9H,12H2,1-3H3. The maximum Gasteiger partial charge on any atom is 0.313 e. The largest absolute Gasteiger partial charge is 0.469 e. The van der Waals surface area contributed by atoms with Gasteiger partial charge in [0.05, 0.1) is 24.3 Å². The smallest absolute Gasteiger partial charge is 0.313 e. The second kappa shape index (κ2) is 4.40. The van der Waals surface area contributed by atoms with Gasteiger partial charge in [-0.2, -0.15) is 0 Å². The van der Waals surface area contributed by atoms with Gasteiger partial charge in [0.2, 0.25) is 0 Å². The van der Waals surface area contributed by atoms with Gasteiger partial charge < -0.3 is 10.5 Å². The fourth-order valence-corrected chi connectivity index (χ4v) is 1.32. The maximum atomic E-state index is 11.5. The van der Waals surface area contributed by atoms with Crippen LogP contribution in [0.4, 0.5) is 0 Å². The number of nitrogens with two attached hydrogens (primary N) is 1. The molecule has 1 rings (SSSR count). The Balaban J connectivity index is 2.94. The van der Waals surface area contributed by atoms with Crippen molar-refractivity contribution in [3.05, 3.63) is 30.1 Å². The van der Waals surface area contributed by atoms with Crippen LogP contribution in [0.25, 0.3) is 0 Å². The van der Waals surface area contributed by atoms with Crippen molar-refractivity contribution >= 4 is 5.97 Å². The molecule has 0 aliphatic heterocycles. The minimum atomic E-state index is -0.775. The Morgan fingerprint density at radius 2 is 2.20 bits per heavy atom. The average molecular weight is 208 g/mol. The summed E-state index contributed by atoms with van der Waals surface area (Å²) in [5, 5.41) is 0. The Kier molecular flexibility index (Phi) is 3.42. The number of rotatable bonds is 3. The number of methoxy groups -OCH3 is 1. The zero-order valence-electron chi connectivity index (χ0n) is 9.23. The van der Waals surface area contributed by atoms with Crippen LogP contribution in [0.3, 0.4) is 0 Å². The summed E-state index contributed by atoms with van der Waals surface area (Å²) in [7, 11) is 1.36. The first-order chi connectivity index (χ1) is 7.00. The van der Waals surface area contributed by atoms with Crippen molar-refractivity contribution in [2.75, 3.05) is 7.11 Å². The van der Waals surface area contributed by atoms with Crippen LogP contribution in [-0.4, -0.2) is 18.1 Å². The van der Waals surface area contributed by atoms with Crippen molar-refractivity contribution in [2.45, 2.75) is 19.9 Å². The highest BCUT2D eigenvalue weighted by atomic mass is 16.5. The summed E-state index contributed by atoms with van der Waals surface area (Å²) >= 11 is 0. The number of aromatic nitrogens is 1. The third kappa shape index (κ3) is 2.33. The van der Waals surface area contributed by atoms with Crippen molar-refractivity contribution in [1.29, 1.82) is 0 Å². The normalized spacial score (nSPS) is 13.3. The van der Waals surface area contributed by atoms with E-state index in [1.54, 1.807) is 32.2 Å². The van der Waals surface area contributed by atoms with Crippen molar-refractivity contribution < 1.29 is 9.53 Å². The molecule has 1 atom stereocenters. The summed E-state index contributed by atoms with van der Waals surface area (Å²) in [5.74, 6) is -0.333. The van der Waals surface area contributed by atoms with Gasteiger partial charge in [0.25, 0.3) is 0 Å². The molecule has 0 aromatic carbocycles. The molecule has 1 aromatic heterocycles. The van der Waals surface area contributed by atoms with Crippen LogP contribution < -0.4 is 5.73 Å². The highest BCUT2D eigenvalue weighted by Gasteiger charge is 2.37. The summed E-state index contributed by atoms with van der Waals surface area (Å²) in [5.41, 5.74) is 5.90. The second-order valence-corrected chi connectivity index (χ2v) is 3.95. The van der Waals surface area contributed by atoms with Gasteiger partial charge in [-0.3, -0.25) is 9.78 Å². The van der Waals surface area contributed by atoms with Crippen LogP contribution >= 0.6 is 0 Å². The molecule has 0 spiro atoms. The quantitative estimate of drug-likeness (QED) is 0.760. The van der Waals surface area contributed by atoms with E-state index >= 15 is 0 Å². The number of esters is 1. The number of nitrogens with zero attached hydrogens (tertiary/aromatic N) is 1. The lowest BCUT2D eigenvalue weighted by atomic mass is 9.83. The molecule has 2 N–H and O–H groups in total. The Hall–Kier alpha value is -1.42. The number of pyridine rings is 1. The molecule has 1 heterocycles. The van der Waals surface area contributed by atoms with Gasteiger partial charge in [-0.05, 0) is 26.0 Å². The Bertz CT molecular complexity index is 336. The fourth-order valence-electron chi connectivity index (χ4n) is 1.32. The number of hydrogen-bond acceptors (Lipinski definition) is 4. The highest BCUT2D eigenvalue weighted by Crippen LogP contribution is 2.31. The minimum Gasteiger partial charge on any atom is -0.469 e. The van der Waals surface area contributed by atoms with Gasteiger partial charge in [0.1, 0.15) is 0 Å². The van der Waals surface area contributed by atoms with Crippen molar-refractivity contribution in [2.24, 2.45) is 11.1 Å². The lowest BCUT2D eigenvalue weighted by molar-refractivity contribution is -0.152. The first kappa shape index (κ1) is 11.7. The third-order valence-corrected chi connectivity index (χ3v) is 2.50. The number of carbonyl (C=O) groups is 1. The van der Waals surface area contributed by atoms with E-state index in [2.05, 4.69) is 4.98 Å². The molecule has 0 fully saturated rings. The second-order valence-electron chi connectivity index (χ2n) is 3.95. The van der Waals surface area contributed by atoms with E-state index in [0.717, 1.165) is 0 Å². The van der Waals surface area contributed by atoms with E-state index in [1.165, 1.54) is 7.11 Å². The van der Waals surface area contributed by atoms with Crippen molar-refractivity contribution in [3.63, 3.8) is 0 Å². The highest BCUT2D eigenvalue weighted by molar-refractivity contribution is 5.76. The van der Waals surface area contributed by atoms with Crippen molar-refractivity contribution in [3.8, 4) is 0 Å². The summed E-state index contributed by atoms with van der Waals surface area (Å²) in [6, 6.07) is 4.98. The molecule has 82 valence electrons. The first-order valence-electron chi connectivity index (χ1n) is 4.75. The summed E-state index contributed by atoms with van der Waals surface area (Å²) in [6.07, 6.45) is 1.66. The van der Waals surface area contributed by atoms with Gasteiger partial charge in [-0.15, -0.1) is 0 Å². The van der Waals surface area contributed by atoms with Crippen LogP contribution in [0.5, 0.6) is 0 Å². The molecular weight excluding hydrogens is 192 g/mol. The predicted molar refractivity (Wildman–Crippen MR) is 57.0 cm³/mol. The van der Waals surface area contributed by atoms with Gasteiger partial charge in [-0.1, -0.05) is 6.07 Å². The van der Waals surface area contributed by atoms with E-state index in [0.29, 0.717) is 5.69 Å². The Labute approximate surface area is 89.5 Å². The van der Waals surface area contributed by atoms with Crippen LogP contribution in [0, 0.1) is 5.41 Å². The summed E-state index contributed by atoms with van der Waals surface area (Å²) in [6.45, 7) is 3.50. The van der Waals surface area contributed by atoms with Crippen LogP contribution in [-0.2, 0) is 9.53 Å². The zero-order chi connectivity index (χ0) is 11.5. The van der Waals surface area contributed by atoms with E-state index in [1.807, 2.05) is 6.07 Å². The van der Waals surface area contributed by atoms with E-state index in [4.69, 9.17) is 10.5 Å². The fraction of sp³-hybridized carbons (Fsp3) is 0.455. The molecule has 0 bridgehead atoms. The molecule has 4 heteroatoms. The van der Waals surface area contributed by atoms with Crippen LogP contribution in [0.1, 0.15) is 25.6 Å². The van der Waals surface area contributed by atoms with Gasteiger partial charge in [-0.25, -0.2) is 0 Å². The summed E-state index contributed by atoms with van der Waals surface area (Å²) < 4.78 is 4.71. The first-order valence-corrected chi connectivity index (χ1v) is 4.75. The molecule has 4 nitrogen and oxygen atoms in total. The van der Waals surface area contributed by atoms with Gasteiger partial charge in [0, 0.05) is 6.20 Å². The van der Waals surface area contributed by atoms with Crippen LogP contribution in [0.2, 0.25) is 0 Å². The van der Waals surface area contributed by atoms with Gasteiger partial charge >= 0.3 is 5.97 Å². The molecular formula is C11H16N2O2. The van der Waals surface area contributed by atoms with E-state index < -0.39 is 11.5 Å². The number of carbonyl (C=O) groups excluding carboxylic acids is 1. The lowest BCUT2D eigenvalue weighted by Crippen LogP contribution is -2.37. The Morgan fingerprint density at radius 1 is 1.53 bits per heavy atom. The molecule has 0 saturated heterocycles. The molecule has 1 unspecified atom stereocenters. The molecule has 0 aliphatic carbocycles. The van der Waals surface area contributed by atoms with Crippen molar-refractivity contribution in [1.82, 2.24) is 4.98 Å². The molecule has 1 aromatic rings. The predicted octanol–water partition coefficient (Wildman–Crippen LogP) is 1.28. The number of hydrogen-bond donors (Lipinski definition) is 1. The monoisotopic (exact) mass is 208 g/mol. The molecule has 0 saturated carbocycles. The molecule has 15 heavy (non-hydrogen) atoms. The number of ether oxygens (including phenoxy) is 1. The van der Waals surface area contributed by atoms with E-state index in [-0.39, 0.29) is 5.97 Å². The summed E-state index contributed by atoms with van der Waals surface area (Å²) in [4.78, 5) is 15.6. The minimum absolute atomic E-state index is 0.333. The average Bonchev–Trinajstić information content (AvgIpc) is 2.28. The SMILES string of the molecule is COC(=O)C(C)(C)C(N)c1ccccn1. The zero-order valence-corrected chi connectivity index (χ0v) is 9.23. The Morgan fingerprint density at radius 3 is 2.67 bits per heavy atom. The van der Waals surface area contributed by atoms with Gasteiger partial charge in [0.15, 0.2) is 0 Å². The maximum absolute atomic E-state index is 11.5. The topological polar surface area (TPSA) is 65.2 Å². The van der Waals surface area contributed by atoms with E-state index in [9.17, 15) is 4.79 Å². The lowest BCUT2D eigenvalue weighted by Gasteiger charge is -2.27. The van der Waals surface area contributed by atoms with Crippen LogP contribution in [0.15, 0.2) is 24.4 Å². The molecule has 0 aliphatic rings.